The maximum absolute atomic E-state index is 11.4. The first-order chi connectivity index (χ1) is 9.42. The number of rotatable bonds is 7. The third-order valence-corrected chi connectivity index (χ3v) is 3.10. The summed E-state index contributed by atoms with van der Waals surface area (Å²) >= 11 is 0. The summed E-state index contributed by atoms with van der Waals surface area (Å²) in [5.74, 6) is -0.400. The molecule has 0 aliphatic carbocycles. The highest BCUT2D eigenvalue weighted by atomic mass is 16.5. The Balaban J connectivity index is 3.24. The fourth-order valence-electron chi connectivity index (χ4n) is 2.09. The minimum atomic E-state index is -1.03. The Hall–Kier alpha value is -1.69. The van der Waals surface area contributed by atoms with Crippen LogP contribution < -0.4 is 4.90 Å². The molecule has 0 fully saturated rings. The van der Waals surface area contributed by atoms with Crippen molar-refractivity contribution in [2.75, 3.05) is 25.2 Å². The van der Waals surface area contributed by atoms with E-state index < -0.39 is 5.97 Å². The van der Waals surface area contributed by atoms with Crippen LogP contribution in [0.5, 0.6) is 0 Å². The zero-order valence-corrected chi connectivity index (χ0v) is 12.8. The van der Waals surface area contributed by atoms with Crippen LogP contribution in [-0.4, -0.2) is 47.3 Å². The van der Waals surface area contributed by atoms with Gasteiger partial charge in [-0.05, 0) is 13.8 Å². The average Bonchev–Trinajstić information content (AvgIpc) is 2.39. The quantitative estimate of drug-likeness (QED) is 0.825. The molecule has 0 radical (unpaired) electrons. The van der Waals surface area contributed by atoms with Crippen LogP contribution in [-0.2, 0) is 4.74 Å². The lowest BCUT2D eigenvalue weighted by Gasteiger charge is -2.30. The van der Waals surface area contributed by atoms with Gasteiger partial charge in [-0.15, -0.1) is 0 Å². The molecule has 1 N–H and O–H groups in total. The van der Waals surface area contributed by atoms with E-state index >= 15 is 0 Å². The van der Waals surface area contributed by atoms with Gasteiger partial charge in [0.25, 0.3) is 0 Å². The summed E-state index contributed by atoms with van der Waals surface area (Å²) in [6.45, 7) is 8.99. The first kappa shape index (κ1) is 16.4. The molecule has 1 rings (SSSR count). The molecule has 0 saturated carbocycles. The van der Waals surface area contributed by atoms with Crippen LogP contribution in [0.25, 0.3) is 0 Å². The highest BCUT2D eigenvalue weighted by molar-refractivity contribution is 5.92. The van der Waals surface area contributed by atoms with Gasteiger partial charge in [-0.3, -0.25) is 0 Å². The van der Waals surface area contributed by atoms with Gasteiger partial charge < -0.3 is 14.7 Å². The highest BCUT2D eigenvalue weighted by Gasteiger charge is 2.22. The van der Waals surface area contributed by atoms with Crippen molar-refractivity contribution in [2.24, 2.45) is 0 Å². The maximum atomic E-state index is 11.4. The van der Waals surface area contributed by atoms with Gasteiger partial charge in [0, 0.05) is 25.6 Å². The molecule has 0 saturated heterocycles. The van der Waals surface area contributed by atoms with Crippen molar-refractivity contribution >= 4 is 11.7 Å². The number of carboxylic acid groups (broad SMARTS) is 1. The number of carboxylic acids is 1. The second-order valence-corrected chi connectivity index (χ2v) is 5.01. The average molecular weight is 281 g/mol. The van der Waals surface area contributed by atoms with Crippen LogP contribution in [0.4, 0.5) is 5.69 Å². The number of anilines is 1. The van der Waals surface area contributed by atoms with Gasteiger partial charge in [0.2, 0.25) is 0 Å². The Kier molecular flexibility index (Phi) is 5.88. The summed E-state index contributed by atoms with van der Waals surface area (Å²) < 4.78 is 5.14. The summed E-state index contributed by atoms with van der Waals surface area (Å²) in [5, 5.41) is 9.38. The van der Waals surface area contributed by atoms with Gasteiger partial charge in [-0.25, -0.2) is 14.8 Å². The van der Waals surface area contributed by atoms with Crippen molar-refractivity contribution in [3.63, 3.8) is 0 Å². The van der Waals surface area contributed by atoms with Gasteiger partial charge in [0.05, 0.1) is 18.5 Å². The van der Waals surface area contributed by atoms with E-state index in [1.807, 2.05) is 32.6 Å². The lowest BCUT2D eigenvalue weighted by molar-refractivity contribution is 0.0690. The zero-order valence-electron chi connectivity index (χ0n) is 12.8. The summed E-state index contributed by atoms with van der Waals surface area (Å²) in [5.41, 5.74) is 0.586. The number of carbonyl (C=O) groups is 1. The number of hydrogen-bond donors (Lipinski definition) is 1. The lowest BCUT2D eigenvalue weighted by Crippen LogP contribution is -2.37. The Morgan fingerprint density at radius 2 is 2.10 bits per heavy atom. The van der Waals surface area contributed by atoms with E-state index in [-0.39, 0.29) is 17.7 Å². The monoisotopic (exact) mass is 281 g/mol. The van der Waals surface area contributed by atoms with Crippen LogP contribution in [0, 0.1) is 0 Å². The van der Waals surface area contributed by atoms with Gasteiger partial charge in [-0.1, -0.05) is 13.8 Å². The Labute approximate surface area is 119 Å². The molecule has 6 nitrogen and oxygen atoms in total. The summed E-state index contributed by atoms with van der Waals surface area (Å²) in [7, 11) is 1.63. The molecule has 1 unspecified atom stereocenters. The fraction of sp³-hybridized carbons (Fsp3) is 0.643. The standard InChI is InChI=1S/C14H23N3O3/c1-6-17(10(4)8-20-5)11-7-15-13(9(2)3)16-12(11)14(18)19/h7,9-10H,6,8H2,1-5H3,(H,18,19). The normalized spacial score (nSPS) is 12.5. The number of aromatic carboxylic acids is 1. The number of likely N-dealkylation sites (N-methyl/N-ethyl adjacent to an activating group) is 1. The van der Waals surface area contributed by atoms with Crippen LogP contribution in [0.15, 0.2) is 6.20 Å². The highest BCUT2D eigenvalue weighted by Crippen LogP contribution is 2.22. The van der Waals surface area contributed by atoms with Crippen molar-refractivity contribution in [3.05, 3.63) is 17.7 Å². The molecular weight excluding hydrogens is 258 g/mol. The molecule has 0 aliphatic rings. The topological polar surface area (TPSA) is 75.6 Å². The SMILES string of the molecule is CCN(c1cnc(C(C)C)nc1C(=O)O)C(C)COC. The van der Waals surface area contributed by atoms with Crippen molar-refractivity contribution in [1.29, 1.82) is 0 Å². The van der Waals surface area contributed by atoms with Gasteiger partial charge in [0.1, 0.15) is 5.82 Å². The minimum Gasteiger partial charge on any atom is -0.476 e. The summed E-state index contributed by atoms with van der Waals surface area (Å²) in [6.07, 6.45) is 1.60. The van der Waals surface area contributed by atoms with Gasteiger partial charge in [-0.2, -0.15) is 0 Å². The number of nitrogens with zero attached hydrogens (tertiary/aromatic N) is 3. The number of aromatic nitrogens is 2. The fourth-order valence-corrected chi connectivity index (χ4v) is 2.09. The number of hydrogen-bond acceptors (Lipinski definition) is 5. The van der Waals surface area contributed by atoms with E-state index in [0.29, 0.717) is 24.7 Å². The molecule has 0 amide bonds. The lowest BCUT2D eigenvalue weighted by atomic mass is 10.2. The Morgan fingerprint density at radius 1 is 1.45 bits per heavy atom. The van der Waals surface area contributed by atoms with E-state index in [9.17, 15) is 9.90 Å². The molecule has 1 aromatic rings. The largest absolute Gasteiger partial charge is 0.476 e. The van der Waals surface area contributed by atoms with Gasteiger partial charge >= 0.3 is 5.97 Å². The predicted octanol–water partition coefficient (Wildman–Crippen LogP) is 2.16. The van der Waals surface area contributed by atoms with Gasteiger partial charge in [0.15, 0.2) is 5.69 Å². The van der Waals surface area contributed by atoms with Crippen molar-refractivity contribution in [2.45, 2.75) is 39.7 Å². The van der Waals surface area contributed by atoms with E-state index in [0.717, 1.165) is 0 Å². The molecule has 0 aliphatic heterocycles. The maximum Gasteiger partial charge on any atom is 0.356 e. The molecular formula is C14H23N3O3. The van der Waals surface area contributed by atoms with E-state index in [2.05, 4.69) is 9.97 Å². The van der Waals surface area contributed by atoms with Crippen LogP contribution in [0.2, 0.25) is 0 Å². The first-order valence-corrected chi connectivity index (χ1v) is 6.78. The van der Waals surface area contributed by atoms with Crippen LogP contribution in [0.3, 0.4) is 0 Å². The second-order valence-electron chi connectivity index (χ2n) is 5.01. The Bertz CT molecular complexity index is 463. The number of ether oxygens (including phenoxy) is 1. The molecule has 0 bridgehead atoms. The van der Waals surface area contributed by atoms with Crippen LogP contribution in [0.1, 0.15) is 49.9 Å². The van der Waals surface area contributed by atoms with E-state index in [4.69, 9.17) is 4.74 Å². The Morgan fingerprint density at radius 3 is 2.55 bits per heavy atom. The smallest absolute Gasteiger partial charge is 0.356 e. The zero-order chi connectivity index (χ0) is 15.3. The first-order valence-electron chi connectivity index (χ1n) is 6.78. The molecule has 1 atom stereocenters. The van der Waals surface area contributed by atoms with E-state index in [1.165, 1.54) is 0 Å². The second kappa shape index (κ2) is 7.19. The summed E-state index contributed by atoms with van der Waals surface area (Å²) in [4.78, 5) is 21.9. The molecule has 1 heterocycles. The third-order valence-electron chi connectivity index (χ3n) is 3.10. The third kappa shape index (κ3) is 3.66. The molecule has 112 valence electrons. The van der Waals surface area contributed by atoms with E-state index in [1.54, 1.807) is 13.3 Å². The van der Waals surface area contributed by atoms with Crippen molar-refractivity contribution in [3.8, 4) is 0 Å². The molecule has 20 heavy (non-hydrogen) atoms. The van der Waals surface area contributed by atoms with Crippen molar-refractivity contribution in [1.82, 2.24) is 9.97 Å². The van der Waals surface area contributed by atoms with Crippen molar-refractivity contribution < 1.29 is 14.6 Å². The molecule has 0 spiro atoms. The number of methoxy groups -OCH3 is 1. The van der Waals surface area contributed by atoms with Crippen LogP contribution >= 0.6 is 0 Å². The summed E-state index contributed by atoms with van der Waals surface area (Å²) in [6, 6.07) is 0.0524. The molecule has 6 heteroatoms. The molecule has 1 aromatic heterocycles. The molecule has 0 aromatic carbocycles. The minimum absolute atomic E-state index is 0.0495. The predicted molar refractivity (Wildman–Crippen MR) is 77.4 cm³/mol.